The Bertz CT molecular complexity index is 796. The van der Waals surface area contributed by atoms with E-state index in [2.05, 4.69) is 36.3 Å². The summed E-state index contributed by atoms with van der Waals surface area (Å²) in [5.41, 5.74) is 9.56. The number of rotatable bonds is 6. The van der Waals surface area contributed by atoms with Gasteiger partial charge in [-0.15, -0.1) is 0 Å². The van der Waals surface area contributed by atoms with E-state index in [9.17, 15) is 0 Å². The van der Waals surface area contributed by atoms with Crippen LogP contribution in [0, 0.1) is 0 Å². The van der Waals surface area contributed by atoms with Crippen molar-refractivity contribution >= 4 is 34.7 Å². The molecule has 7 nitrogen and oxygen atoms in total. The summed E-state index contributed by atoms with van der Waals surface area (Å²) in [6.07, 6.45) is 11.7. The third kappa shape index (κ3) is 6.01. The number of hydrogen-bond donors (Lipinski definition) is 3. The predicted molar refractivity (Wildman–Crippen MR) is 120 cm³/mol. The van der Waals surface area contributed by atoms with Crippen molar-refractivity contribution < 1.29 is 0 Å². The van der Waals surface area contributed by atoms with Gasteiger partial charge in [-0.2, -0.15) is 20.2 Å². The molecule has 2 fully saturated rings. The minimum atomic E-state index is 0.468. The van der Waals surface area contributed by atoms with Crippen molar-refractivity contribution in [2.24, 2.45) is 10.2 Å². The minimum Gasteiger partial charge on any atom is -0.340 e. The van der Waals surface area contributed by atoms with Crippen LogP contribution in [0.5, 0.6) is 0 Å². The number of anilines is 4. The van der Waals surface area contributed by atoms with Crippen LogP contribution in [0.25, 0.3) is 0 Å². The number of nitrogens with one attached hydrogen (secondary N) is 3. The van der Waals surface area contributed by atoms with Crippen LogP contribution in [0.4, 0.5) is 23.3 Å². The maximum absolute atomic E-state index is 4.58. The molecule has 0 radical (unpaired) electrons. The lowest BCUT2D eigenvalue weighted by Gasteiger charge is -2.14. The first kappa shape index (κ1) is 19.4. The van der Waals surface area contributed by atoms with Crippen LogP contribution in [0.15, 0.2) is 46.6 Å². The molecule has 0 unspecified atom stereocenters. The third-order valence-electron chi connectivity index (χ3n) is 5.28. The molecule has 2 aliphatic carbocycles. The lowest BCUT2D eigenvalue weighted by Crippen LogP contribution is -2.10. The van der Waals surface area contributed by atoms with Gasteiger partial charge in [-0.1, -0.05) is 31.0 Å². The maximum atomic E-state index is 4.58. The van der Waals surface area contributed by atoms with E-state index in [1.54, 1.807) is 0 Å². The van der Waals surface area contributed by atoms with E-state index in [1.165, 1.54) is 49.9 Å². The number of benzene rings is 1. The number of para-hydroxylation sites is 1. The molecule has 2 aromatic rings. The van der Waals surface area contributed by atoms with Crippen molar-refractivity contribution in [2.45, 2.75) is 64.2 Å². The van der Waals surface area contributed by atoms with Gasteiger partial charge in [-0.05, 0) is 63.5 Å². The zero-order valence-corrected chi connectivity index (χ0v) is 16.8. The maximum Gasteiger partial charge on any atom is 0.247 e. The molecule has 29 heavy (non-hydrogen) atoms. The molecule has 0 aliphatic heterocycles. The number of aromatic nitrogens is 2. The molecule has 0 atom stereocenters. The summed E-state index contributed by atoms with van der Waals surface area (Å²) in [5, 5.41) is 12.5. The molecule has 2 saturated carbocycles. The van der Waals surface area contributed by atoms with Gasteiger partial charge in [0.15, 0.2) is 5.82 Å². The number of hydrazone groups is 2. The molecule has 1 heterocycles. The highest BCUT2D eigenvalue weighted by atomic mass is 15.4. The molecule has 0 amide bonds. The average molecular weight is 392 g/mol. The summed E-state index contributed by atoms with van der Waals surface area (Å²) in [5.74, 6) is 1.82. The molecular weight excluding hydrogens is 362 g/mol. The van der Waals surface area contributed by atoms with E-state index in [0.717, 1.165) is 31.4 Å². The highest BCUT2D eigenvalue weighted by Crippen LogP contribution is 2.21. The van der Waals surface area contributed by atoms with Gasteiger partial charge < -0.3 is 5.32 Å². The quantitative estimate of drug-likeness (QED) is 0.551. The Hall–Kier alpha value is -2.96. The fraction of sp³-hybridized carbons (Fsp3) is 0.455. The first-order chi connectivity index (χ1) is 14.3. The van der Waals surface area contributed by atoms with Crippen molar-refractivity contribution in [2.75, 3.05) is 16.2 Å². The van der Waals surface area contributed by atoms with Gasteiger partial charge in [-0.25, -0.2) is 5.43 Å². The third-order valence-corrected chi connectivity index (χ3v) is 5.28. The molecule has 1 aromatic heterocycles. The van der Waals surface area contributed by atoms with Crippen molar-refractivity contribution in [3.8, 4) is 0 Å². The molecule has 0 spiro atoms. The Morgan fingerprint density at radius 1 is 0.655 bits per heavy atom. The van der Waals surface area contributed by atoms with Crippen molar-refractivity contribution in [1.29, 1.82) is 0 Å². The molecule has 7 heteroatoms. The normalized spacial score (nSPS) is 16.8. The second-order valence-electron chi connectivity index (χ2n) is 7.65. The van der Waals surface area contributed by atoms with Gasteiger partial charge in [0.2, 0.25) is 5.95 Å². The minimum absolute atomic E-state index is 0.468. The molecule has 3 N–H and O–H groups in total. The lowest BCUT2D eigenvalue weighted by atomic mass is 9.99. The van der Waals surface area contributed by atoms with Crippen LogP contribution in [-0.4, -0.2) is 21.4 Å². The van der Waals surface area contributed by atoms with Gasteiger partial charge >= 0.3 is 0 Å². The van der Waals surface area contributed by atoms with Gasteiger partial charge in [-0.3, -0.25) is 5.43 Å². The van der Waals surface area contributed by atoms with E-state index in [4.69, 9.17) is 0 Å². The molecule has 0 bridgehead atoms. The van der Waals surface area contributed by atoms with Gasteiger partial charge in [0.05, 0.1) is 0 Å². The summed E-state index contributed by atoms with van der Waals surface area (Å²) >= 11 is 0. The van der Waals surface area contributed by atoms with Crippen LogP contribution in [0.1, 0.15) is 64.2 Å². The van der Waals surface area contributed by atoms with E-state index < -0.39 is 0 Å². The Kier molecular flexibility index (Phi) is 6.68. The Labute approximate surface area is 172 Å². The second-order valence-corrected chi connectivity index (χ2v) is 7.65. The smallest absolute Gasteiger partial charge is 0.247 e. The van der Waals surface area contributed by atoms with Crippen LogP contribution in [-0.2, 0) is 0 Å². The predicted octanol–water partition coefficient (Wildman–Crippen LogP) is 5.68. The molecule has 4 rings (SSSR count). The SMILES string of the molecule is c1ccc(Nc2cc(NN=C3CCCCC3)nc(NN=C3CCCCC3)n2)cc1. The monoisotopic (exact) mass is 391 g/mol. The fourth-order valence-corrected chi connectivity index (χ4v) is 3.70. The van der Waals surface area contributed by atoms with Crippen LogP contribution < -0.4 is 16.2 Å². The van der Waals surface area contributed by atoms with Crippen LogP contribution >= 0.6 is 0 Å². The standard InChI is InChI=1S/C22H29N7/c1-4-10-17(11-5-1)23-20-16-21(28-26-18-12-6-2-7-13-18)25-22(24-20)29-27-19-14-8-3-9-15-19/h1,4-5,10-11,16H,2-3,6-9,12-15H2,(H3,23,24,25,28,29). The molecule has 152 valence electrons. The topological polar surface area (TPSA) is 86.6 Å². The Morgan fingerprint density at radius 2 is 1.24 bits per heavy atom. The van der Waals surface area contributed by atoms with Crippen molar-refractivity contribution in [3.05, 3.63) is 36.4 Å². The van der Waals surface area contributed by atoms with Crippen molar-refractivity contribution in [1.82, 2.24) is 9.97 Å². The van der Waals surface area contributed by atoms with E-state index in [1.807, 2.05) is 36.4 Å². The summed E-state index contributed by atoms with van der Waals surface area (Å²) in [7, 11) is 0. The fourth-order valence-electron chi connectivity index (χ4n) is 3.70. The molecule has 2 aliphatic rings. The van der Waals surface area contributed by atoms with Crippen LogP contribution in [0.3, 0.4) is 0 Å². The molecule has 1 aromatic carbocycles. The second kappa shape index (κ2) is 10.0. The largest absolute Gasteiger partial charge is 0.340 e. The zero-order valence-electron chi connectivity index (χ0n) is 16.8. The van der Waals surface area contributed by atoms with E-state index in [-0.39, 0.29) is 0 Å². The van der Waals surface area contributed by atoms with E-state index in [0.29, 0.717) is 17.6 Å². The van der Waals surface area contributed by atoms with Crippen LogP contribution in [0.2, 0.25) is 0 Å². The summed E-state index contributed by atoms with van der Waals surface area (Å²) in [4.78, 5) is 9.14. The lowest BCUT2D eigenvalue weighted by molar-refractivity contribution is 0.665. The summed E-state index contributed by atoms with van der Waals surface area (Å²) in [6, 6.07) is 11.9. The first-order valence-electron chi connectivity index (χ1n) is 10.7. The first-order valence-corrected chi connectivity index (χ1v) is 10.7. The van der Waals surface area contributed by atoms with Gasteiger partial charge in [0, 0.05) is 23.2 Å². The van der Waals surface area contributed by atoms with E-state index >= 15 is 0 Å². The van der Waals surface area contributed by atoms with Gasteiger partial charge in [0.1, 0.15) is 5.82 Å². The highest BCUT2D eigenvalue weighted by Gasteiger charge is 2.10. The van der Waals surface area contributed by atoms with Gasteiger partial charge in [0.25, 0.3) is 0 Å². The number of hydrogen-bond acceptors (Lipinski definition) is 7. The molecular formula is C22H29N7. The number of nitrogens with zero attached hydrogens (tertiary/aromatic N) is 4. The highest BCUT2D eigenvalue weighted by molar-refractivity contribution is 5.86. The Morgan fingerprint density at radius 3 is 1.90 bits per heavy atom. The Balaban J connectivity index is 1.52. The summed E-state index contributed by atoms with van der Waals surface area (Å²) < 4.78 is 0. The average Bonchev–Trinajstić information content (AvgIpc) is 2.78. The molecule has 0 saturated heterocycles. The zero-order chi connectivity index (χ0) is 19.7. The van der Waals surface area contributed by atoms with Crippen molar-refractivity contribution in [3.63, 3.8) is 0 Å². The summed E-state index contributed by atoms with van der Waals surface area (Å²) in [6.45, 7) is 0.